The van der Waals surface area contributed by atoms with Crippen LogP contribution in [0.2, 0.25) is 0 Å². The van der Waals surface area contributed by atoms with E-state index in [1.165, 1.54) is 105 Å². The highest BCUT2D eigenvalue weighted by Crippen LogP contribution is 2.54. The van der Waals surface area contributed by atoms with Crippen LogP contribution in [0.1, 0.15) is 62.1 Å². The molecule has 290 valence electrons. The number of hydrogen-bond acceptors (Lipinski definition) is 3. The first kappa shape index (κ1) is 36.0. The molecule has 7 aromatic carbocycles. The molecule has 0 fully saturated rings. The highest BCUT2D eigenvalue weighted by Gasteiger charge is 2.38. The molecule has 0 bridgehead atoms. The number of nitrogens with zero attached hydrogens (tertiary/aromatic N) is 1. The molecule has 12 rings (SSSR count). The number of benzene rings is 7. The highest BCUT2D eigenvalue weighted by molar-refractivity contribution is 8.00. The number of hydrogen-bond donors (Lipinski definition) is 0. The van der Waals surface area contributed by atoms with E-state index in [0.29, 0.717) is 11.2 Å². The zero-order valence-electron chi connectivity index (χ0n) is 34.0. The molecule has 2 atom stereocenters. The van der Waals surface area contributed by atoms with Gasteiger partial charge in [0.15, 0.2) is 0 Å². The third-order valence-corrected chi connectivity index (χ3v) is 16.3. The van der Waals surface area contributed by atoms with Crippen LogP contribution >= 0.6 is 23.1 Å². The number of allylic oxidation sites excluding steroid dienone is 5. The Kier molecular flexibility index (Phi) is 8.48. The SMILES string of the molecule is CC1(C)C2=C(CCC=C2)c2ccc(N(c3ccc(-c4cccc5c4SC4C=CCCC54)cc3)c3ccc(-c4ccc5c(sc6ccccc65)c4-c4ccccc4)cc3)cc21. The molecule has 2 unspecified atom stereocenters. The van der Waals surface area contributed by atoms with Gasteiger partial charge in [0.25, 0.3) is 0 Å². The van der Waals surface area contributed by atoms with Crippen molar-refractivity contribution in [1.82, 2.24) is 0 Å². The molecule has 1 aliphatic heterocycles. The second kappa shape index (κ2) is 14.1. The van der Waals surface area contributed by atoms with Gasteiger partial charge in [0, 0.05) is 64.3 Å². The monoisotopic (exact) mass is 807 g/mol. The Hall–Kier alpha value is -5.87. The average Bonchev–Trinajstić information content (AvgIpc) is 3.95. The Morgan fingerprint density at radius 2 is 1.33 bits per heavy atom. The molecule has 0 amide bonds. The normalized spacial score (nSPS) is 18.4. The highest BCUT2D eigenvalue weighted by atomic mass is 32.2. The van der Waals surface area contributed by atoms with Gasteiger partial charge in [-0.1, -0.05) is 147 Å². The van der Waals surface area contributed by atoms with Gasteiger partial charge in [-0.25, -0.2) is 0 Å². The third-order valence-electron chi connectivity index (χ3n) is 13.7. The summed E-state index contributed by atoms with van der Waals surface area (Å²) in [6, 6.07) is 57.3. The van der Waals surface area contributed by atoms with E-state index in [2.05, 4.69) is 206 Å². The van der Waals surface area contributed by atoms with Crippen molar-refractivity contribution in [1.29, 1.82) is 0 Å². The predicted octanol–water partition coefficient (Wildman–Crippen LogP) is 16.8. The molecule has 4 aliphatic rings. The van der Waals surface area contributed by atoms with Crippen LogP contribution in [-0.4, -0.2) is 5.25 Å². The lowest BCUT2D eigenvalue weighted by Gasteiger charge is -2.29. The molecule has 1 nitrogen and oxygen atoms in total. The molecular formula is C57H45NS2. The lowest BCUT2D eigenvalue weighted by Crippen LogP contribution is -2.18. The zero-order valence-corrected chi connectivity index (χ0v) is 35.6. The fourth-order valence-electron chi connectivity index (χ4n) is 10.7. The fraction of sp³-hybridized carbons (Fsp3) is 0.158. The molecule has 60 heavy (non-hydrogen) atoms. The van der Waals surface area contributed by atoms with Gasteiger partial charge in [-0.3, -0.25) is 0 Å². The van der Waals surface area contributed by atoms with E-state index in [9.17, 15) is 0 Å². The topological polar surface area (TPSA) is 3.24 Å². The Morgan fingerprint density at radius 1 is 0.600 bits per heavy atom. The number of anilines is 3. The van der Waals surface area contributed by atoms with Crippen LogP contribution in [-0.2, 0) is 5.41 Å². The van der Waals surface area contributed by atoms with Crippen molar-refractivity contribution >= 4 is 65.9 Å². The van der Waals surface area contributed by atoms with Gasteiger partial charge < -0.3 is 4.90 Å². The maximum Gasteiger partial charge on any atom is 0.0465 e. The van der Waals surface area contributed by atoms with Gasteiger partial charge in [-0.2, -0.15) is 0 Å². The molecule has 0 N–H and O–H groups in total. The second-order valence-corrected chi connectivity index (χ2v) is 19.6. The molecule has 8 aromatic rings. The van der Waals surface area contributed by atoms with Gasteiger partial charge >= 0.3 is 0 Å². The largest absolute Gasteiger partial charge is 0.310 e. The summed E-state index contributed by atoms with van der Waals surface area (Å²) < 4.78 is 2.67. The zero-order chi connectivity index (χ0) is 40.0. The molecule has 0 saturated carbocycles. The lowest BCUT2D eigenvalue weighted by atomic mass is 9.80. The van der Waals surface area contributed by atoms with Crippen LogP contribution in [0.25, 0.3) is 59.1 Å². The maximum absolute atomic E-state index is 2.47. The minimum atomic E-state index is -0.0478. The lowest BCUT2D eigenvalue weighted by molar-refractivity contribution is 0.634. The quantitative estimate of drug-likeness (QED) is 0.154. The van der Waals surface area contributed by atoms with Gasteiger partial charge in [0.05, 0.1) is 0 Å². The number of thioether (sulfide) groups is 1. The summed E-state index contributed by atoms with van der Waals surface area (Å²) in [6.45, 7) is 4.81. The van der Waals surface area contributed by atoms with Crippen LogP contribution in [0.5, 0.6) is 0 Å². The van der Waals surface area contributed by atoms with Crippen LogP contribution in [0.3, 0.4) is 0 Å². The molecular weight excluding hydrogens is 763 g/mol. The summed E-state index contributed by atoms with van der Waals surface area (Å²) >= 11 is 3.96. The summed E-state index contributed by atoms with van der Waals surface area (Å²) in [4.78, 5) is 3.93. The van der Waals surface area contributed by atoms with Crippen molar-refractivity contribution in [3.05, 3.63) is 198 Å². The van der Waals surface area contributed by atoms with Crippen molar-refractivity contribution < 1.29 is 0 Å². The predicted molar refractivity (Wildman–Crippen MR) is 259 cm³/mol. The summed E-state index contributed by atoms with van der Waals surface area (Å²) in [5.74, 6) is 0.628. The van der Waals surface area contributed by atoms with Crippen LogP contribution in [0, 0.1) is 0 Å². The van der Waals surface area contributed by atoms with Crippen LogP contribution in [0.4, 0.5) is 17.1 Å². The Morgan fingerprint density at radius 3 is 2.15 bits per heavy atom. The second-order valence-electron chi connectivity index (χ2n) is 17.4. The maximum atomic E-state index is 2.47. The first-order valence-electron chi connectivity index (χ1n) is 21.5. The number of fused-ring (bicyclic) bond motifs is 8. The molecule has 0 radical (unpaired) electrons. The van der Waals surface area contributed by atoms with E-state index in [0.717, 1.165) is 24.2 Å². The Labute approximate surface area is 361 Å². The van der Waals surface area contributed by atoms with E-state index in [4.69, 9.17) is 0 Å². The van der Waals surface area contributed by atoms with E-state index in [1.807, 2.05) is 11.3 Å². The molecule has 2 heterocycles. The van der Waals surface area contributed by atoms with Crippen molar-refractivity contribution in [2.45, 2.75) is 61.0 Å². The van der Waals surface area contributed by atoms with Crippen LogP contribution < -0.4 is 4.90 Å². The average molecular weight is 808 g/mol. The van der Waals surface area contributed by atoms with E-state index in [1.54, 1.807) is 0 Å². The van der Waals surface area contributed by atoms with Gasteiger partial charge in [-0.15, -0.1) is 23.1 Å². The molecule has 0 saturated heterocycles. The van der Waals surface area contributed by atoms with Gasteiger partial charge in [-0.05, 0) is 124 Å². The summed E-state index contributed by atoms with van der Waals surface area (Å²) in [5, 5.41) is 3.21. The van der Waals surface area contributed by atoms with Crippen molar-refractivity contribution in [3.63, 3.8) is 0 Å². The Bertz CT molecular complexity index is 3090. The minimum Gasteiger partial charge on any atom is -0.310 e. The number of rotatable bonds is 6. The summed E-state index contributed by atoms with van der Waals surface area (Å²) in [5.41, 5.74) is 18.5. The van der Waals surface area contributed by atoms with Crippen LogP contribution in [0.15, 0.2) is 186 Å². The van der Waals surface area contributed by atoms with E-state index < -0.39 is 0 Å². The fourth-order valence-corrected chi connectivity index (χ4v) is 13.5. The molecule has 0 spiro atoms. The molecule has 1 aromatic heterocycles. The summed E-state index contributed by atoms with van der Waals surface area (Å²) in [7, 11) is 0. The van der Waals surface area contributed by atoms with E-state index >= 15 is 0 Å². The Balaban J connectivity index is 0.972. The molecule has 3 aliphatic carbocycles. The number of thiophene rings is 1. The smallest absolute Gasteiger partial charge is 0.0465 e. The van der Waals surface area contributed by atoms with Gasteiger partial charge in [0.1, 0.15) is 0 Å². The minimum absolute atomic E-state index is 0.0478. The first-order chi connectivity index (χ1) is 29.5. The van der Waals surface area contributed by atoms with E-state index in [-0.39, 0.29) is 5.41 Å². The van der Waals surface area contributed by atoms with Crippen molar-refractivity contribution in [2.24, 2.45) is 0 Å². The van der Waals surface area contributed by atoms with Crippen molar-refractivity contribution in [3.8, 4) is 33.4 Å². The van der Waals surface area contributed by atoms with Crippen molar-refractivity contribution in [2.75, 3.05) is 4.90 Å². The standard InChI is InChI=1S/C57H45NS2/c1-57(2)50-20-9-6-15-44(50)45-32-31-41(35-51(45)57)58(40-29-25-37(26-30-40)43-18-12-19-48-46-16-7-10-21-52(46)59-55(43)48)39-27-23-36(24-28-39)42-33-34-49-47-17-8-11-22-53(47)60-56(49)54(42)38-13-4-3-5-14-38/h3-5,8-14,17-35,46,52H,6-7,15-16H2,1-2H3. The first-order valence-corrected chi connectivity index (χ1v) is 23.2. The van der Waals surface area contributed by atoms with Gasteiger partial charge in [0.2, 0.25) is 0 Å². The molecule has 3 heteroatoms. The summed E-state index contributed by atoms with van der Waals surface area (Å²) in [6.07, 6.45) is 14.2. The third kappa shape index (κ3) is 5.66.